The van der Waals surface area contributed by atoms with Gasteiger partial charge in [-0.2, -0.15) is 13.2 Å². The maximum absolute atomic E-state index is 11.9. The Labute approximate surface area is 203 Å². The van der Waals surface area contributed by atoms with Gasteiger partial charge in [-0.05, 0) is 62.1 Å². The quantitative estimate of drug-likeness (QED) is 0.381. The SMILES string of the molecule is CC[C@@]1(C(C)C(=O)O)CCCN2CCc3c([nH]c4ccccc34)[C@@H]21.Nc1cccc(C(F)(F)F)c1. The van der Waals surface area contributed by atoms with E-state index in [-0.39, 0.29) is 23.1 Å². The minimum atomic E-state index is -4.30. The van der Waals surface area contributed by atoms with Gasteiger partial charge >= 0.3 is 12.1 Å². The average molecular weight is 488 g/mol. The van der Waals surface area contributed by atoms with Crippen molar-refractivity contribution in [1.82, 2.24) is 9.88 Å². The fraction of sp³-hybridized carbons (Fsp3) is 0.444. The molecule has 5 nitrogen and oxygen atoms in total. The Kier molecular flexibility index (Phi) is 6.86. The van der Waals surface area contributed by atoms with Crippen molar-refractivity contribution >= 4 is 22.6 Å². The number of benzene rings is 2. The van der Waals surface area contributed by atoms with Crippen LogP contribution >= 0.6 is 0 Å². The molecule has 1 fully saturated rings. The summed E-state index contributed by atoms with van der Waals surface area (Å²) in [5.74, 6) is -1.01. The average Bonchev–Trinajstić information content (AvgIpc) is 3.21. The molecule has 3 heterocycles. The number of aliphatic carboxylic acids is 1. The summed E-state index contributed by atoms with van der Waals surface area (Å²) in [6.45, 7) is 6.19. The smallest absolute Gasteiger partial charge is 0.416 e. The Morgan fingerprint density at radius 3 is 2.60 bits per heavy atom. The Balaban J connectivity index is 0.000000221. The van der Waals surface area contributed by atoms with Crippen LogP contribution in [0.2, 0.25) is 0 Å². The third kappa shape index (κ3) is 4.63. The number of nitrogens with one attached hydrogen (secondary N) is 1. The minimum absolute atomic E-state index is 0.125. The van der Waals surface area contributed by atoms with Crippen molar-refractivity contribution in [3.8, 4) is 0 Å². The fourth-order valence-electron chi connectivity index (χ4n) is 6.02. The molecule has 35 heavy (non-hydrogen) atoms. The lowest BCUT2D eigenvalue weighted by Gasteiger charge is -2.53. The summed E-state index contributed by atoms with van der Waals surface area (Å²) in [6, 6.07) is 13.3. The molecule has 0 aliphatic carbocycles. The summed E-state index contributed by atoms with van der Waals surface area (Å²) in [5.41, 5.74) is 8.24. The van der Waals surface area contributed by atoms with E-state index in [1.54, 1.807) is 0 Å². The zero-order valence-electron chi connectivity index (χ0n) is 20.0. The van der Waals surface area contributed by atoms with Crippen molar-refractivity contribution in [2.24, 2.45) is 11.3 Å². The molecular formula is C27H32F3N3O2. The molecule has 0 spiro atoms. The van der Waals surface area contributed by atoms with Gasteiger partial charge in [0.1, 0.15) is 0 Å². The summed E-state index contributed by atoms with van der Waals surface area (Å²) in [7, 11) is 0. The van der Waals surface area contributed by atoms with Crippen LogP contribution in [0.15, 0.2) is 48.5 Å². The first-order chi connectivity index (χ1) is 16.6. The van der Waals surface area contributed by atoms with E-state index in [1.807, 2.05) is 6.92 Å². The molecule has 1 saturated heterocycles. The van der Waals surface area contributed by atoms with Gasteiger partial charge < -0.3 is 15.8 Å². The van der Waals surface area contributed by atoms with E-state index in [0.717, 1.165) is 50.9 Å². The highest BCUT2D eigenvalue weighted by molar-refractivity contribution is 5.85. The van der Waals surface area contributed by atoms with Crippen LogP contribution < -0.4 is 5.73 Å². The van der Waals surface area contributed by atoms with Crippen molar-refractivity contribution in [2.45, 2.75) is 51.7 Å². The highest BCUT2D eigenvalue weighted by Gasteiger charge is 2.52. The molecule has 3 atom stereocenters. The standard InChI is InChI=1S/C20H26N2O2.C7H6F3N/c1-3-20(13(2)19(23)24)10-6-11-22-12-9-15-14-7-4-5-8-16(14)21-17(15)18(20)22;8-7(9,10)5-2-1-3-6(11)4-5/h4-5,7-8,13,18,21H,3,6,9-12H2,1-2H3,(H,23,24);1-4H,11H2/t13?,18-,20+;/m1./s1. The van der Waals surface area contributed by atoms with Gasteiger partial charge in [0.15, 0.2) is 0 Å². The molecule has 0 radical (unpaired) electrons. The van der Waals surface area contributed by atoms with Gasteiger partial charge in [0.2, 0.25) is 0 Å². The number of alkyl halides is 3. The number of carboxylic acids is 1. The van der Waals surface area contributed by atoms with Crippen molar-refractivity contribution in [3.63, 3.8) is 0 Å². The topological polar surface area (TPSA) is 82.3 Å². The van der Waals surface area contributed by atoms with Crippen LogP contribution in [0.1, 0.15) is 56.0 Å². The van der Waals surface area contributed by atoms with Crippen molar-refractivity contribution < 1.29 is 23.1 Å². The van der Waals surface area contributed by atoms with E-state index in [0.29, 0.717) is 0 Å². The molecular weight excluding hydrogens is 455 g/mol. The zero-order chi connectivity index (χ0) is 25.4. The molecule has 1 aromatic heterocycles. The largest absolute Gasteiger partial charge is 0.481 e. The number of anilines is 1. The molecule has 5 rings (SSSR count). The lowest BCUT2D eigenvalue weighted by Crippen LogP contribution is -2.53. The van der Waals surface area contributed by atoms with E-state index < -0.39 is 17.7 Å². The monoisotopic (exact) mass is 487 g/mol. The van der Waals surface area contributed by atoms with Crippen LogP contribution in [0.25, 0.3) is 10.9 Å². The number of para-hydroxylation sites is 1. The second-order valence-electron chi connectivity index (χ2n) is 9.62. The van der Waals surface area contributed by atoms with Crippen molar-refractivity contribution in [3.05, 3.63) is 65.4 Å². The maximum Gasteiger partial charge on any atom is 0.416 e. The van der Waals surface area contributed by atoms with Crippen LogP contribution in [0.3, 0.4) is 0 Å². The summed E-state index contributed by atoms with van der Waals surface area (Å²) >= 11 is 0. The number of aromatic nitrogens is 1. The summed E-state index contributed by atoms with van der Waals surface area (Å²) in [6.07, 6.45) is -0.257. The molecule has 0 amide bonds. The van der Waals surface area contributed by atoms with Gasteiger partial charge in [0.05, 0.1) is 17.5 Å². The normalized spacial score (nSPS) is 23.1. The third-order valence-electron chi connectivity index (χ3n) is 7.87. The van der Waals surface area contributed by atoms with Crippen LogP contribution in [-0.2, 0) is 17.4 Å². The molecule has 188 valence electrons. The summed E-state index contributed by atoms with van der Waals surface area (Å²) < 4.78 is 35.7. The first kappa shape index (κ1) is 25.1. The summed E-state index contributed by atoms with van der Waals surface area (Å²) in [5, 5.41) is 11.1. The molecule has 2 aliphatic heterocycles. The number of hydrogen-bond acceptors (Lipinski definition) is 3. The minimum Gasteiger partial charge on any atom is -0.481 e. The van der Waals surface area contributed by atoms with Crippen LogP contribution in [0.4, 0.5) is 18.9 Å². The number of halogens is 3. The Bertz CT molecular complexity index is 1210. The van der Waals surface area contributed by atoms with Gasteiger partial charge in [-0.3, -0.25) is 9.69 Å². The molecule has 8 heteroatoms. The van der Waals surface area contributed by atoms with Crippen molar-refractivity contribution in [1.29, 1.82) is 0 Å². The number of carboxylic acid groups (broad SMARTS) is 1. The van der Waals surface area contributed by atoms with Gasteiger partial charge in [0.25, 0.3) is 0 Å². The van der Waals surface area contributed by atoms with E-state index in [4.69, 9.17) is 5.73 Å². The number of fused-ring (bicyclic) bond motifs is 5. The van der Waals surface area contributed by atoms with Gasteiger partial charge in [-0.15, -0.1) is 0 Å². The number of nitrogen functional groups attached to an aromatic ring is 1. The predicted octanol–water partition coefficient (Wildman–Crippen LogP) is 6.27. The first-order valence-electron chi connectivity index (χ1n) is 12.1. The fourth-order valence-corrected chi connectivity index (χ4v) is 6.02. The first-order valence-corrected chi connectivity index (χ1v) is 12.1. The Hall–Kier alpha value is -3.00. The molecule has 0 saturated carbocycles. The number of H-pyrrole nitrogens is 1. The van der Waals surface area contributed by atoms with Crippen molar-refractivity contribution in [2.75, 3.05) is 18.8 Å². The number of rotatable bonds is 3. The second kappa shape index (κ2) is 9.57. The molecule has 0 bridgehead atoms. The zero-order valence-corrected chi connectivity index (χ0v) is 20.0. The Morgan fingerprint density at radius 2 is 1.97 bits per heavy atom. The molecule has 1 unspecified atom stereocenters. The van der Waals surface area contributed by atoms with E-state index in [2.05, 4.69) is 41.1 Å². The van der Waals surface area contributed by atoms with E-state index >= 15 is 0 Å². The third-order valence-corrected chi connectivity index (χ3v) is 7.87. The summed E-state index contributed by atoms with van der Waals surface area (Å²) in [4.78, 5) is 18.1. The number of hydrogen-bond donors (Lipinski definition) is 3. The number of nitrogens with zero attached hydrogens (tertiary/aromatic N) is 1. The lowest BCUT2D eigenvalue weighted by atomic mass is 9.61. The number of carbonyl (C=O) groups is 1. The second-order valence-corrected chi connectivity index (χ2v) is 9.62. The van der Waals surface area contributed by atoms with E-state index in [1.165, 1.54) is 34.3 Å². The van der Waals surface area contributed by atoms with Crippen LogP contribution in [-0.4, -0.2) is 34.0 Å². The molecule has 4 N–H and O–H groups in total. The number of piperidine rings is 1. The maximum atomic E-state index is 11.9. The molecule has 2 aromatic carbocycles. The predicted molar refractivity (Wildman–Crippen MR) is 131 cm³/mol. The Morgan fingerprint density at radius 1 is 1.23 bits per heavy atom. The number of nitrogens with two attached hydrogens (primary N) is 1. The van der Waals surface area contributed by atoms with Crippen LogP contribution in [0, 0.1) is 11.3 Å². The lowest BCUT2D eigenvalue weighted by molar-refractivity contribution is -0.152. The highest BCUT2D eigenvalue weighted by atomic mass is 19.4. The molecule has 2 aliphatic rings. The van der Waals surface area contributed by atoms with Gasteiger partial charge in [-0.25, -0.2) is 0 Å². The van der Waals surface area contributed by atoms with Crippen LogP contribution in [0.5, 0.6) is 0 Å². The highest BCUT2D eigenvalue weighted by Crippen LogP contribution is 2.55. The molecule has 3 aromatic rings. The van der Waals surface area contributed by atoms with E-state index in [9.17, 15) is 23.1 Å². The van der Waals surface area contributed by atoms with Gasteiger partial charge in [-0.1, -0.05) is 38.1 Å². The van der Waals surface area contributed by atoms with Gasteiger partial charge in [0, 0.05) is 34.2 Å². The number of aromatic amines is 1.